The molecule has 1 atom stereocenters. The molecule has 3 heterocycles. The molecule has 0 spiro atoms. The summed E-state index contributed by atoms with van der Waals surface area (Å²) in [5.74, 6) is -1.18. The molecule has 0 unspecified atom stereocenters. The van der Waals surface area contributed by atoms with Gasteiger partial charge < -0.3 is 15.6 Å². The lowest BCUT2D eigenvalue weighted by Crippen LogP contribution is -2.47. The van der Waals surface area contributed by atoms with Crippen molar-refractivity contribution in [3.05, 3.63) is 36.9 Å². The number of anilines is 2. The number of nitrogens with one attached hydrogen (secondary N) is 4. The largest absolute Gasteiger partial charge is 0.401 e. The third kappa shape index (κ3) is 5.82. The topological polar surface area (TPSA) is 112 Å². The number of aromatic amines is 1. The molecule has 3 rings (SSSR count). The van der Waals surface area contributed by atoms with Crippen molar-refractivity contribution in [3.8, 4) is 11.1 Å². The molecule has 2 amide bonds. The van der Waals surface area contributed by atoms with Gasteiger partial charge in [-0.3, -0.25) is 19.9 Å². The van der Waals surface area contributed by atoms with Crippen LogP contribution in [0.3, 0.4) is 0 Å². The Bertz CT molecular complexity index is 1130. The van der Waals surface area contributed by atoms with Crippen LogP contribution in [0.25, 0.3) is 22.2 Å². The number of fused-ring (bicyclic) bond motifs is 1. The van der Waals surface area contributed by atoms with Gasteiger partial charge in [0.25, 0.3) is 0 Å². The summed E-state index contributed by atoms with van der Waals surface area (Å²) in [4.78, 5) is 35.4. The lowest BCUT2D eigenvalue weighted by molar-refractivity contribution is -0.131. The van der Waals surface area contributed by atoms with E-state index in [4.69, 9.17) is 0 Å². The average Bonchev–Trinajstić information content (AvgIpc) is 3.10. The van der Waals surface area contributed by atoms with Gasteiger partial charge in [-0.2, -0.15) is 13.2 Å². The lowest BCUT2D eigenvalue weighted by Gasteiger charge is -2.22. The molecule has 0 aliphatic rings. The zero-order valence-corrected chi connectivity index (χ0v) is 17.7. The number of H-pyrrole nitrogens is 1. The molecule has 3 aromatic heterocycles. The van der Waals surface area contributed by atoms with Crippen LogP contribution in [-0.4, -0.2) is 45.5 Å². The predicted molar refractivity (Wildman–Crippen MR) is 115 cm³/mol. The number of halogens is 3. The second-order valence-corrected chi connectivity index (χ2v) is 7.67. The van der Waals surface area contributed by atoms with Gasteiger partial charge in [0.1, 0.15) is 5.65 Å². The Morgan fingerprint density at radius 1 is 1.09 bits per heavy atom. The minimum absolute atomic E-state index is 0.228. The zero-order valence-electron chi connectivity index (χ0n) is 17.7. The molecule has 0 radical (unpaired) electrons. The molecule has 8 nitrogen and oxygen atoms in total. The molecule has 32 heavy (non-hydrogen) atoms. The number of carbonyl (C=O) groups excluding carboxylic acids is 2. The Morgan fingerprint density at radius 2 is 1.81 bits per heavy atom. The first kappa shape index (κ1) is 23.2. The van der Waals surface area contributed by atoms with E-state index in [-0.39, 0.29) is 11.8 Å². The highest BCUT2D eigenvalue weighted by Gasteiger charge is 2.31. The van der Waals surface area contributed by atoms with Gasteiger partial charge in [-0.05, 0) is 18.1 Å². The SMILES string of the molecule is CC(=O)Nc1cnc2[nH]cc(-c3cncc(NC(=O)[C@@H](NCC(F)(F)F)C(C)C)c3)c2c1. The molecule has 0 fully saturated rings. The first-order valence-electron chi connectivity index (χ1n) is 9.84. The van der Waals surface area contributed by atoms with Gasteiger partial charge in [0.2, 0.25) is 11.8 Å². The maximum Gasteiger partial charge on any atom is 0.401 e. The number of carbonyl (C=O) groups is 2. The fraction of sp³-hybridized carbons (Fsp3) is 0.333. The van der Waals surface area contributed by atoms with E-state index in [9.17, 15) is 22.8 Å². The zero-order chi connectivity index (χ0) is 23.5. The molecule has 0 bridgehead atoms. The van der Waals surface area contributed by atoms with Crippen molar-refractivity contribution in [3.63, 3.8) is 0 Å². The number of aromatic nitrogens is 3. The first-order valence-corrected chi connectivity index (χ1v) is 9.84. The third-order valence-corrected chi connectivity index (χ3v) is 4.64. The minimum atomic E-state index is -4.42. The van der Waals surface area contributed by atoms with Crippen molar-refractivity contribution in [1.29, 1.82) is 0 Å². The van der Waals surface area contributed by atoms with Crippen LogP contribution in [0, 0.1) is 5.92 Å². The van der Waals surface area contributed by atoms with Crippen molar-refractivity contribution in [2.24, 2.45) is 5.92 Å². The van der Waals surface area contributed by atoms with Crippen LogP contribution < -0.4 is 16.0 Å². The van der Waals surface area contributed by atoms with E-state index in [0.717, 1.165) is 10.9 Å². The summed E-state index contributed by atoms with van der Waals surface area (Å²) in [6.45, 7) is 3.45. The van der Waals surface area contributed by atoms with E-state index in [2.05, 4.69) is 30.9 Å². The number of alkyl halides is 3. The maximum absolute atomic E-state index is 12.6. The van der Waals surface area contributed by atoms with Crippen LogP contribution in [-0.2, 0) is 9.59 Å². The molecular formula is C21H23F3N6O2. The number of amides is 2. The van der Waals surface area contributed by atoms with Crippen LogP contribution in [0.15, 0.2) is 36.9 Å². The average molecular weight is 448 g/mol. The molecule has 4 N–H and O–H groups in total. The monoisotopic (exact) mass is 448 g/mol. The molecule has 0 saturated carbocycles. The summed E-state index contributed by atoms with van der Waals surface area (Å²) < 4.78 is 37.7. The van der Waals surface area contributed by atoms with Crippen LogP contribution in [0.2, 0.25) is 0 Å². The second kappa shape index (κ2) is 9.35. The van der Waals surface area contributed by atoms with Crippen LogP contribution in [0.1, 0.15) is 20.8 Å². The highest BCUT2D eigenvalue weighted by molar-refractivity contribution is 5.99. The number of pyridine rings is 2. The van der Waals surface area contributed by atoms with Gasteiger partial charge >= 0.3 is 6.18 Å². The predicted octanol–water partition coefficient (Wildman–Crippen LogP) is 3.70. The van der Waals surface area contributed by atoms with Gasteiger partial charge in [-0.25, -0.2) is 4.98 Å². The Morgan fingerprint density at radius 3 is 2.47 bits per heavy atom. The Kier molecular flexibility index (Phi) is 6.78. The molecule has 0 aromatic carbocycles. The fourth-order valence-electron chi connectivity index (χ4n) is 3.25. The lowest BCUT2D eigenvalue weighted by atomic mass is 10.0. The summed E-state index contributed by atoms with van der Waals surface area (Å²) in [5, 5.41) is 8.30. The van der Waals surface area contributed by atoms with E-state index >= 15 is 0 Å². The van der Waals surface area contributed by atoms with E-state index in [0.29, 0.717) is 22.6 Å². The molecule has 11 heteroatoms. The maximum atomic E-state index is 12.6. The highest BCUT2D eigenvalue weighted by atomic mass is 19.4. The van der Waals surface area contributed by atoms with Crippen molar-refractivity contribution < 1.29 is 22.8 Å². The summed E-state index contributed by atoms with van der Waals surface area (Å²) in [7, 11) is 0. The minimum Gasteiger partial charge on any atom is -0.346 e. The standard InChI is InChI=1S/C21H23F3N6O2/c1-11(2)18(28-10-21(22,23)24)20(32)30-14-4-13(6-25-7-14)17-9-27-19-16(17)5-15(8-26-19)29-12(3)31/h4-9,11,18,28H,10H2,1-3H3,(H,26,27)(H,29,31)(H,30,32)/t18-/m0/s1. The van der Waals surface area contributed by atoms with E-state index < -0.39 is 24.7 Å². The van der Waals surface area contributed by atoms with Crippen molar-refractivity contribution in [2.75, 3.05) is 17.2 Å². The fourth-order valence-corrected chi connectivity index (χ4v) is 3.25. The van der Waals surface area contributed by atoms with E-state index in [1.807, 2.05) is 0 Å². The van der Waals surface area contributed by atoms with Gasteiger partial charge in [0, 0.05) is 35.8 Å². The van der Waals surface area contributed by atoms with Gasteiger partial charge in [-0.15, -0.1) is 0 Å². The summed E-state index contributed by atoms with van der Waals surface area (Å²) >= 11 is 0. The van der Waals surface area contributed by atoms with Gasteiger partial charge in [0.05, 0.1) is 36.4 Å². The summed E-state index contributed by atoms with van der Waals surface area (Å²) in [6.07, 6.45) is 1.83. The summed E-state index contributed by atoms with van der Waals surface area (Å²) in [6, 6.07) is 2.40. The quantitative estimate of drug-likeness (QED) is 0.440. The molecule has 0 aliphatic heterocycles. The van der Waals surface area contributed by atoms with Gasteiger partial charge in [-0.1, -0.05) is 13.8 Å². The molecule has 0 saturated heterocycles. The molecule has 3 aromatic rings. The Hall–Kier alpha value is -3.47. The van der Waals surface area contributed by atoms with Crippen molar-refractivity contribution in [2.45, 2.75) is 33.0 Å². The first-order chi connectivity index (χ1) is 15.0. The Labute approximate surface area is 182 Å². The van der Waals surface area contributed by atoms with E-state index in [1.54, 1.807) is 38.4 Å². The third-order valence-electron chi connectivity index (χ3n) is 4.64. The van der Waals surface area contributed by atoms with Gasteiger partial charge in [0.15, 0.2) is 0 Å². The van der Waals surface area contributed by atoms with Crippen LogP contribution >= 0.6 is 0 Å². The smallest absolute Gasteiger partial charge is 0.346 e. The highest BCUT2D eigenvalue weighted by Crippen LogP contribution is 2.30. The molecule has 0 aliphatic carbocycles. The summed E-state index contributed by atoms with van der Waals surface area (Å²) in [5.41, 5.74) is 2.85. The Balaban J connectivity index is 1.83. The van der Waals surface area contributed by atoms with Crippen LogP contribution in [0.4, 0.5) is 24.5 Å². The second-order valence-electron chi connectivity index (χ2n) is 7.67. The molecular weight excluding hydrogens is 425 g/mol. The van der Waals surface area contributed by atoms with Crippen molar-refractivity contribution >= 4 is 34.2 Å². The van der Waals surface area contributed by atoms with Crippen molar-refractivity contribution in [1.82, 2.24) is 20.3 Å². The van der Waals surface area contributed by atoms with Crippen LogP contribution in [0.5, 0.6) is 0 Å². The number of rotatable bonds is 7. The number of hydrogen-bond donors (Lipinski definition) is 4. The number of hydrogen-bond acceptors (Lipinski definition) is 5. The molecule has 170 valence electrons. The number of nitrogens with zero attached hydrogens (tertiary/aromatic N) is 2. The van der Waals surface area contributed by atoms with E-state index in [1.165, 1.54) is 19.3 Å². The normalized spacial score (nSPS) is 12.7.